The van der Waals surface area contributed by atoms with E-state index in [0.717, 1.165) is 11.1 Å². The minimum absolute atomic E-state index is 0.0752. The van der Waals surface area contributed by atoms with Gasteiger partial charge in [0.25, 0.3) is 0 Å². The first-order valence-corrected chi connectivity index (χ1v) is 12.7. The van der Waals surface area contributed by atoms with E-state index in [0.29, 0.717) is 22.0 Å². The summed E-state index contributed by atoms with van der Waals surface area (Å²) in [5, 5.41) is 0.369. The maximum Gasteiger partial charge on any atom is 0.194 e. The van der Waals surface area contributed by atoms with Crippen molar-refractivity contribution < 1.29 is 18.9 Å². The summed E-state index contributed by atoms with van der Waals surface area (Å²) in [6.45, 7) is 0. The van der Waals surface area contributed by atoms with Crippen molar-refractivity contribution in [1.29, 1.82) is 0 Å². The predicted octanol–water partition coefficient (Wildman–Crippen LogP) is 6.98. The Bertz CT molecular complexity index is 1510. The van der Waals surface area contributed by atoms with Crippen LogP contribution in [0.5, 0.6) is 0 Å². The quantitative estimate of drug-likeness (QED) is 0.174. The molecule has 0 amide bonds. The van der Waals surface area contributed by atoms with Crippen LogP contribution in [-0.2, 0) is 4.57 Å². The lowest BCUT2D eigenvalue weighted by Gasteiger charge is -2.07. The lowest BCUT2D eigenvalue weighted by atomic mass is 9.97. The van der Waals surface area contributed by atoms with Crippen LogP contribution >= 0.6 is 8.46 Å². The first-order chi connectivity index (χ1) is 18.6. The SMILES string of the molecule is O=C(c1ccccc1)c1ccccc1.O=Pc1ccc(C(=O)c2ccccc2)cc1C(=O)c1ccccc1. The van der Waals surface area contributed by atoms with Crippen LogP contribution in [0.2, 0.25) is 0 Å². The molecule has 0 atom stereocenters. The molecule has 184 valence electrons. The van der Waals surface area contributed by atoms with Crippen molar-refractivity contribution in [3.05, 3.63) is 173 Å². The average molecular weight is 515 g/mol. The van der Waals surface area contributed by atoms with Gasteiger partial charge in [-0.2, -0.15) is 0 Å². The van der Waals surface area contributed by atoms with E-state index in [2.05, 4.69) is 0 Å². The molecule has 5 aromatic rings. The summed E-state index contributed by atoms with van der Waals surface area (Å²) in [6, 6.07) is 40.9. The highest BCUT2D eigenvalue weighted by Gasteiger charge is 2.17. The average Bonchev–Trinajstić information content (AvgIpc) is 3.01. The first-order valence-electron chi connectivity index (χ1n) is 11.9. The van der Waals surface area contributed by atoms with Gasteiger partial charge < -0.3 is 0 Å². The Hall–Kier alpha value is -4.79. The maximum absolute atomic E-state index is 12.7. The minimum atomic E-state index is -0.253. The van der Waals surface area contributed by atoms with E-state index >= 15 is 0 Å². The van der Waals surface area contributed by atoms with Crippen molar-refractivity contribution in [3.8, 4) is 0 Å². The van der Waals surface area contributed by atoms with Gasteiger partial charge in [0.15, 0.2) is 25.8 Å². The van der Waals surface area contributed by atoms with Gasteiger partial charge in [0, 0.05) is 33.4 Å². The van der Waals surface area contributed by atoms with Gasteiger partial charge >= 0.3 is 0 Å². The predicted molar refractivity (Wildman–Crippen MR) is 150 cm³/mol. The number of benzene rings is 5. The smallest absolute Gasteiger partial charge is 0.194 e. The molecule has 0 saturated heterocycles. The van der Waals surface area contributed by atoms with E-state index in [-0.39, 0.29) is 31.4 Å². The van der Waals surface area contributed by atoms with Crippen molar-refractivity contribution in [2.24, 2.45) is 0 Å². The van der Waals surface area contributed by atoms with Crippen LogP contribution in [0.15, 0.2) is 140 Å². The van der Waals surface area contributed by atoms with Gasteiger partial charge in [0.05, 0.1) is 5.30 Å². The highest BCUT2D eigenvalue weighted by Crippen LogP contribution is 2.17. The standard InChI is InChI=1S/C20H13O3P.C13H10O/c21-19(14-7-3-1-4-8-14)16-11-12-18(24-23)17(13-16)20(22)15-9-5-2-6-10-15;14-13(11-7-3-1-4-8-11)12-9-5-2-6-10-12/h1-13H;1-10H. The third-order valence-electron chi connectivity index (χ3n) is 5.75. The number of hydrogen-bond donors (Lipinski definition) is 0. The second-order valence-corrected chi connectivity index (χ2v) is 8.94. The summed E-state index contributed by atoms with van der Waals surface area (Å²) in [7, 11) is -0.253. The molecule has 0 bridgehead atoms. The monoisotopic (exact) mass is 514 g/mol. The molecule has 0 radical (unpaired) electrons. The molecule has 5 rings (SSSR count). The Balaban J connectivity index is 0.000000204. The van der Waals surface area contributed by atoms with E-state index in [9.17, 15) is 18.9 Å². The zero-order valence-corrected chi connectivity index (χ0v) is 21.3. The van der Waals surface area contributed by atoms with Crippen molar-refractivity contribution >= 4 is 31.1 Å². The Labute approximate surface area is 222 Å². The number of carbonyl (C=O) groups is 3. The molecule has 0 aliphatic carbocycles. The number of carbonyl (C=O) groups excluding carboxylic acids is 3. The summed E-state index contributed by atoms with van der Waals surface area (Å²) < 4.78 is 11.4. The zero-order valence-electron chi connectivity index (χ0n) is 20.4. The van der Waals surface area contributed by atoms with E-state index in [1.807, 2.05) is 72.8 Å². The normalized spacial score (nSPS) is 10.2. The largest absolute Gasteiger partial charge is 0.289 e. The van der Waals surface area contributed by atoms with Crippen LogP contribution < -0.4 is 5.30 Å². The molecule has 0 fully saturated rings. The summed E-state index contributed by atoms with van der Waals surface area (Å²) in [6.07, 6.45) is 0. The van der Waals surface area contributed by atoms with Crippen LogP contribution in [0.4, 0.5) is 0 Å². The molecule has 0 heterocycles. The number of ketones is 3. The lowest BCUT2D eigenvalue weighted by molar-refractivity contribution is 0.102. The molecule has 0 aliphatic heterocycles. The van der Waals surface area contributed by atoms with Crippen molar-refractivity contribution in [2.45, 2.75) is 0 Å². The molecule has 0 N–H and O–H groups in total. The van der Waals surface area contributed by atoms with Crippen molar-refractivity contribution in [1.82, 2.24) is 0 Å². The molecule has 0 spiro atoms. The Kier molecular flexibility index (Phi) is 8.96. The molecule has 5 heteroatoms. The Morgan fingerprint density at radius 3 is 1.11 bits per heavy atom. The van der Waals surface area contributed by atoms with Gasteiger partial charge in [0.1, 0.15) is 0 Å². The highest BCUT2D eigenvalue weighted by molar-refractivity contribution is 7.34. The summed E-state index contributed by atoms with van der Waals surface area (Å²) >= 11 is 0. The fraction of sp³-hybridized carbons (Fsp3) is 0. The number of hydrogen-bond acceptors (Lipinski definition) is 4. The summed E-state index contributed by atoms with van der Waals surface area (Å²) in [5.41, 5.74) is 3.18. The lowest BCUT2D eigenvalue weighted by Crippen LogP contribution is -2.14. The second kappa shape index (κ2) is 13.0. The van der Waals surface area contributed by atoms with Gasteiger partial charge in [-0.15, -0.1) is 0 Å². The summed E-state index contributed by atoms with van der Waals surface area (Å²) in [4.78, 5) is 37.1. The van der Waals surface area contributed by atoms with Crippen LogP contribution in [0, 0.1) is 0 Å². The van der Waals surface area contributed by atoms with E-state index < -0.39 is 0 Å². The van der Waals surface area contributed by atoms with Gasteiger partial charge in [0.2, 0.25) is 0 Å². The fourth-order valence-corrected chi connectivity index (χ4v) is 4.19. The molecule has 38 heavy (non-hydrogen) atoms. The Morgan fingerprint density at radius 1 is 0.395 bits per heavy atom. The summed E-state index contributed by atoms with van der Waals surface area (Å²) in [5.74, 6) is -0.352. The molecule has 4 nitrogen and oxygen atoms in total. The third-order valence-corrected chi connectivity index (χ3v) is 6.33. The maximum atomic E-state index is 12.7. The van der Waals surface area contributed by atoms with Gasteiger partial charge in [-0.1, -0.05) is 121 Å². The van der Waals surface area contributed by atoms with E-state index in [1.54, 1.807) is 60.7 Å². The molecule has 0 saturated carbocycles. The van der Waals surface area contributed by atoms with Crippen LogP contribution in [0.3, 0.4) is 0 Å². The third kappa shape index (κ3) is 6.50. The molecule has 0 aromatic heterocycles. The second-order valence-electron chi connectivity index (χ2n) is 8.27. The first kappa shape index (κ1) is 26.3. The van der Waals surface area contributed by atoms with Crippen LogP contribution in [-0.4, -0.2) is 17.3 Å². The van der Waals surface area contributed by atoms with Crippen molar-refractivity contribution in [2.75, 3.05) is 0 Å². The minimum Gasteiger partial charge on any atom is -0.289 e. The molecule has 0 unspecified atom stereocenters. The fourth-order valence-electron chi connectivity index (χ4n) is 3.79. The van der Waals surface area contributed by atoms with Gasteiger partial charge in [-0.3, -0.25) is 18.9 Å². The van der Waals surface area contributed by atoms with Crippen LogP contribution in [0.25, 0.3) is 0 Å². The zero-order chi connectivity index (χ0) is 26.7. The molecular weight excluding hydrogens is 491 g/mol. The van der Waals surface area contributed by atoms with E-state index in [1.165, 1.54) is 6.07 Å². The molecule has 0 aliphatic rings. The van der Waals surface area contributed by atoms with Gasteiger partial charge in [-0.25, -0.2) is 0 Å². The van der Waals surface area contributed by atoms with E-state index in [4.69, 9.17) is 0 Å². The molecule has 5 aromatic carbocycles. The van der Waals surface area contributed by atoms with Crippen molar-refractivity contribution in [3.63, 3.8) is 0 Å². The highest BCUT2D eigenvalue weighted by atomic mass is 31.1. The Morgan fingerprint density at radius 2 is 0.737 bits per heavy atom. The topological polar surface area (TPSA) is 68.3 Å². The number of rotatable bonds is 7. The van der Waals surface area contributed by atoms with Crippen LogP contribution in [0.1, 0.15) is 47.8 Å². The van der Waals surface area contributed by atoms with Gasteiger partial charge in [-0.05, 0) is 18.2 Å². The molecular formula is C33H23O4P.